The number of H-pyrrole nitrogens is 1. The number of allylic oxidation sites excluding steroid dienone is 6. The number of pyridine rings is 1. The molecule has 120 heavy (non-hydrogen) atoms. The average Bonchev–Trinajstić information content (AvgIpc) is 1.55. The lowest BCUT2D eigenvalue weighted by Gasteiger charge is -2.42. The Morgan fingerprint density at radius 1 is 0.717 bits per heavy atom. The number of cyclic esters (lactones) is 1. The van der Waals surface area contributed by atoms with Gasteiger partial charge in [0.25, 0.3) is 11.7 Å². The number of amides is 3. The van der Waals surface area contributed by atoms with E-state index in [-0.39, 0.29) is 81.3 Å². The van der Waals surface area contributed by atoms with Crippen LogP contribution in [-0.4, -0.2) is 303 Å². The Labute approximate surface area is 702 Å². The highest BCUT2D eigenvalue weighted by Gasteiger charge is 2.53. The quantitative estimate of drug-likeness (QED) is 0.0110. The van der Waals surface area contributed by atoms with E-state index in [1.807, 2.05) is 72.1 Å². The largest absolute Gasteiger partial charge is 0.459 e. The summed E-state index contributed by atoms with van der Waals surface area (Å²) in [7, 11) is 3.06. The van der Waals surface area contributed by atoms with Crippen LogP contribution in [-0.2, 0) is 90.3 Å². The van der Waals surface area contributed by atoms with E-state index in [9.17, 15) is 48.9 Å². The second-order valence-electron chi connectivity index (χ2n) is 32.0. The molecule has 666 valence electrons. The number of aromatic amines is 1. The molecule has 34 nitrogen and oxygen atoms in total. The first-order valence-electron chi connectivity index (χ1n) is 42.5. The molecule has 3 amide bonds. The van der Waals surface area contributed by atoms with Crippen molar-refractivity contribution >= 4 is 69.1 Å². The Morgan fingerprint density at radius 3 is 2.02 bits per heavy atom. The van der Waals surface area contributed by atoms with E-state index in [0.717, 1.165) is 27.1 Å². The van der Waals surface area contributed by atoms with Gasteiger partial charge in [-0.05, 0) is 126 Å². The van der Waals surface area contributed by atoms with Gasteiger partial charge in [-0.1, -0.05) is 64.2 Å². The minimum absolute atomic E-state index is 0.00115. The van der Waals surface area contributed by atoms with Gasteiger partial charge in [0.15, 0.2) is 11.4 Å². The minimum Gasteiger partial charge on any atom is -0.459 e. The minimum atomic E-state index is -2.51. The summed E-state index contributed by atoms with van der Waals surface area (Å²) in [5, 5.41) is 43.9. The van der Waals surface area contributed by atoms with Gasteiger partial charge in [-0.15, -0.1) is 0 Å². The van der Waals surface area contributed by atoms with Gasteiger partial charge in [0.1, 0.15) is 59.7 Å². The number of aliphatic hydroxyl groups is 3. The first kappa shape index (κ1) is 95.9. The van der Waals surface area contributed by atoms with E-state index in [1.165, 1.54) is 26.4 Å². The van der Waals surface area contributed by atoms with Crippen LogP contribution >= 0.6 is 0 Å². The number of hydrogen-bond acceptors (Lipinski definition) is 29. The third kappa shape index (κ3) is 28.3. The molecular formula is C86H129N11O23. The molecule has 0 radical (unpaired) electrons. The first-order valence-corrected chi connectivity index (χ1v) is 42.5. The number of carbonyl (C=O) groups excluding carboxylic acids is 7. The lowest BCUT2D eigenvalue weighted by molar-refractivity contribution is -0.265. The predicted molar refractivity (Wildman–Crippen MR) is 442 cm³/mol. The zero-order valence-electron chi connectivity index (χ0n) is 71.1. The molecule has 34 heteroatoms. The van der Waals surface area contributed by atoms with Crippen molar-refractivity contribution in [2.24, 2.45) is 35.3 Å². The van der Waals surface area contributed by atoms with Gasteiger partial charge in [-0.25, -0.2) is 29.2 Å². The molecule has 0 aromatic carbocycles. The fourth-order valence-corrected chi connectivity index (χ4v) is 16.0. The molecule has 5 aliphatic rings. The number of nitrogens with one attached hydrogen (secondary N) is 2. The normalized spacial score (nSPS) is 28.3. The number of Topliss-reactive ketones (excluding diaryl/α,β-unsaturated/α-hetero) is 3. The zero-order valence-corrected chi connectivity index (χ0v) is 71.1. The number of anilines is 1. The van der Waals surface area contributed by atoms with E-state index in [0.29, 0.717) is 192 Å². The molecular weight excluding hydrogens is 1550 g/mol. The summed E-state index contributed by atoms with van der Waals surface area (Å²) < 4.78 is 76.8. The van der Waals surface area contributed by atoms with Crippen LogP contribution in [0.3, 0.4) is 0 Å². The summed E-state index contributed by atoms with van der Waals surface area (Å²) in [6.45, 7) is 17.3. The lowest BCUT2D eigenvalue weighted by atomic mass is 9.80. The fourth-order valence-electron chi connectivity index (χ4n) is 16.0. The number of rotatable bonds is 35. The molecule has 0 spiro atoms. The number of nitrogens with zero attached hydrogens (tertiary/aromatic N) is 7. The van der Waals surface area contributed by atoms with E-state index < -0.39 is 120 Å². The van der Waals surface area contributed by atoms with Crippen LogP contribution in [0.1, 0.15) is 144 Å². The van der Waals surface area contributed by atoms with Crippen molar-refractivity contribution in [1.82, 2.24) is 44.8 Å². The van der Waals surface area contributed by atoms with Crippen molar-refractivity contribution in [3.05, 3.63) is 78.5 Å². The zero-order chi connectivity index (χ0) is 86.1. The van der Waals surface area contributed by atoms with Crippen LogP contribution in [0, 0.1) is 29.6 Å². The summed E-state index contributed by atoms with van der Waals surface area (Å²) in [5.74, 6) is -8.89. The number of aliphatic hydroxyl groups excluding tert-OH is 2. The maximum Gasteiger partial charge on any atom is 0.407 e. The van der Waals surface area contributed by atoms with E-state index in [2.05, 4.69) is 25.3 Å². The summed E-state index contributed by atoms with van der Waals surface area (Å²) >= 11 is 0. The molecule has 15 atom stereocenters. The standard InChI is InChI=1S/C86H129N11O23/c1-55-14-10-9-11-15-56(2)70(108-7)51-65-19-17-60(6)86(107,120-65)79(103)83(104)96-27-13-12-16-67(96)84(105)118-71(52-68(98)57(3)47-59(5)77(101)78(102)76(100)58(4)46-55)66(87)48-61-18-20-69(72(49-61)109-8)119-85(106)90-26-31-111-33-35-113-37-39-115-41-43-117-45-44-116-42-40-114-38-36-112-34-32-110-30-24-73(99)95-28-22-64(23-29-95)97-82-74(80(88)92-54-93-82)75(94-97)63-50-62-21-25-89-81(62)91-53-63/h9-11,14-15,21,25,47,50,53-55,57-58,60-61,64-67,69-72,77-78,101-102,107H,12-13,16-20,22-24,26-46,48-49,51-52,87H2,1-8H3,(H,89,91)(H,90,106)(H2,88,92,93)/b11-9+,14-10+,56-15+,59-47+/t55-,57-,58-,60-,61+,65+,66-,67+,69-,70+,71+,72-,77-,78+,86-/m1/s1. The Balaban J connectivity index is 0.601. The van der Waals surface area contributed by atoms with Crippen LogP contribution in [0.25, 0.3) is 33.3 Å². The number of likely N-dealkylation sites (tertiary alicyclic amines) is 1. The molecule has 4 aliphatic heterocycles. The average molecular weight is 1690 g/mol. The summed E-state index contributed by atoms with van der Waals surface area (Å²) in [6, 6.07) is 1.76. The highest BCUT2D eigenvalue weighted by atomic mass is 16.6. The number of fused-ring (bicyclic) bond motifs is 5. The molecule has 8 heterocycles. The maximum absolute atomic E-state index is 14.6. The van der Waals surface area contributed by atoms with Gasteiger partial charge in [-0.2, -0.15) is 5.10 Å². The Morgan fingerprint density at radius 2 is 1.37 bits per heavy atom. The summed E-state index contributed by atoms with van der Waals surface area (Å²) in [6.07, 6.45) is 13.6. The van der Waals surface area contributed by atoms with Crippen LogP contribution in [0.15, 0.2) is 78.5 Å². The number of nitrogens with two attached hydrogens (primary N) is 2. The number of nitrogen functional groups attached to an aromatic ring is 1. The third-order valence-electron chi connectivity index (χ3n) is 23.2. The topological polar surface area (TPSA) is 443 Å². The van der Waals surface area contributed by atoms with Gasteiger partial charge >= 0.3 is 12.1 Å². The number of carbonyl (C=O) groups is 7. The number of aromatic nitrogens is 6. The number of piperidine rings is 2. The van der Waals surface area contributed by atoms with E-state index >= 15 is 0 Å². The molecule has 9 rings (SSSR count). The van der Waals surface area contributed by atoms with Crippen molar-refractivity contribution < 1.29 is 110 Å². The van der Waals surface area contributed by atoms with Crippen molar-refractivity contribution in [1.29, 1.82) is 0 Å². The van der Waals surface area contributed by atoms with Crippen LogP contribution in [0.4, 0.5) is 10.6 Å². The molecule has 4 fully saturated rings. The van der Waals surface area contributed by atoms with E-state index in [4.69, 9.17) is 78.1 Å². The molecule has 9 N–H and O–H groups in total. The van der Waals surface area contributed by atoms with Crippen molar-refractivity contribution in [2.75, 3.05) is 152 Å². The molecule has 4 aromatic rings. The van der Waals surface area contributed by atoms with E-state index in [1.54, 1.807) is 34.1 Å². The number of methoxy groups -OCH3 is 2. The van der Waals surface area contributed by atoms with Crippen LogP contribution in [0.5, 0.6) is 0 Å². The highest BCUT2D eigenvalue weighted by molar-refractivity contribution is 6.39. The Hall–Kier alpha value is -7.91. The third-order valence-corrected chi connectivity index (χ3v) is 23.2. The molecule has 1 aliphatic carbocycles. The van der Waals surface area contributed by atoms with Gasteiger partial charge < -0.3 is 108 Å². The SMILES string of the molecule is CO[C@H]1C[C@@H]2CC[C@@H](C)[C@@](O)(O2)C(=O)C(=O)N2CCCC[C@H]2C(=O)O[C@H]([C@H](N)C[C@@H]2CC[C@@H](OC(=O)NCCOCCOCCOCCOCCOCCOCCOCCOCCC(=O)N3CCC(n4nc(-c5cnc6[nH]ccc6c5)c5c(N)ncnc54)CC3)[C@H](OC)C2)CC(=O)[C@H](C)/C=C(\C)[C@@H](O)[C@@H](O)C(=O)[C@H](C)C[C@H](C)/C=C/C=C/C=C/1C. The number of ether oxygens (including phenoxy) is 13. The number of alkyl carbamates (subject to hydrolysis) is 1. The van der Waals surface area contributed by atoms with Crippen molar-refractivity contribution in [2.45, 2.75) is 204 Å². The molecule has 1 saturated carbocycles. The maximum atomic E-state index is 14.6. The molecule has 4 aromatic heterocycles. The monoisotopic (exact) mass is 1680 g/mol. The number of esters is 1. The summed E-state index contributed by atoms with van der Waals surface area (Å²) in [4.78, 5) is 117. The first-order chi connectivity index (χ1) is 57.9. The second kappa shape index (κ2) is 49.4. The smallest absolute Gasteiger partial charge is 0.407 e. The van der Waals surface area contributed by atoms with Crippen molar-refractivity contribution in [3.63, 3.8) is 0 Å². The molecule has 2 bridgehead atoms. The molecule has 0 unspecified atom stereocenters. The van der Waals surface area contributed by atoms with Gasteiger partial charge in [-0.3, -0.25) is 24.0 Å². The molecule has 3 saturated heterocycles. The van der Waals surface area contributed by atoms with Crippen LogP contribution in [0.2, 0.25) is 0 Å². The number of ketones is 3. The van der Waals surface area contributed by atoms with Gasteiger partial charge in [0.05, 0.1) is 142 Å². The second-order valence-corrected chi connectivity index (χ2v) is 32.0. The number of hydrogen-bond donors (Lipinski definition) is 7. The highest BCUT2D eigenvalue weighted by Crippen LogP contribution is 2.39. The van der Waals surface area contributed by atoms with Crippen LogP contribution < -0.4 is 16.8 Å². The fraction of sp³-hybridized carbons (Fsp3) is 0.686. The van der Waals surface area contributed by atoms with Crippen molar-refractivity contribution in [3.8, 4) is 11.3 Å². The van der Waals surface area contributed by atoms with Gasteiger partial charge in [0, 0.05) is 100 Å². The van der Waals surface area contributed by atoms with Gasteiger partial charge in [0.2, 0.25) is 11.7 Å². The lowest BCUT2D eigenvalue weighted by Crippen LogP contribution is -2.61. The Kier molecular flexibility index (Phi) is 39.5. The summed E-state index contributed by atoms with van der Waals surface area (Å²) in [5.41, 5.74) is 17.3. The Bertz CT molecular complexity index is 4030. The predicted octanol–water partition coefficient (Wildman–Crippen LogP) is 6.60.